The van der Waals surface area contributed by atoms with Crippen molar-refractivity contribution in [2.24, 2.45) is 0 Å². The molecule has 0 saturated carbocycles. The summed E-state index contributed by atoms with van der Waals surface area (Å²) in [6, 6.07) is 8.49. The van der Waals surface area contributed by atoms with Gasteiger partial charge in [0.2, 0.25) is 0 Å². The number of fused-ring (bicyclic) bond motifs is 1. The number of halogens is 1. The number of hydrogen-bond donors (Lipinski definition) is 0. The Morgan fingerprint density at radius 1 is 1.22 bits per heavy atom. The van der Waals surface area contributed by atoms with Crippen molar-refractivity contribution in [3.8, 4) is 5.69 Å². The maximum absolute atomic E-state index is 13.5. The molecule has 0 aliphatic carbocycles. The SMILES string of the molecule is Cc1nn(-c2ccc(F)cc2)c2sc(C(=O)N3CCCC3CN3CC(C)OC(C)C3)cc12. The summed E-state index contributed by atoms with van der Waals surface area (Å²) in [5, 5.41) is 5.60. The number of benzene rings is 1. The molecule has 2 aliphatic rings. The molecule has 4 heterocycles. The monoisotopic (exact) mass is 456 g/mol. The van der Waals surface area contributed by atoms with Crippen LogP contribution >= 0.6 is 11.3 Å². The van der Waals surface area contributed by atoms with Gasteiger partial charge in [-0.05, 0) is 63.9 Å². The highest BCUT2D eigenvalue weighted by molar-refractivity contribution is 7.20. The molecule has 6 nitrogen and oxygen atoms in total. The van der Waals surface area contributed by atoms with Gasteiger partial charge >= 0.3 is 0 Å². The number of likely N-dealkylation sites (tertiary alicyclic amines) is 1. The van der Waals surface area contributed by atoms with E-state index in [1.807, 2.05) is 17.7 Å². The van der Waals surface area contributed by atoms with Crippen LogP contribution in [0.4, 0.5) is 4.39 Å². The Labute approximate surface area is 191 Å². The van der Waals surface area contributed by atoms with Crippen LogP contribution in [0.25, 0.3) is 15.9 Å². The van der Waals surface area contributed by atoms with Crippen LogP contribution in [0.5, 0.6) is 0 Å². The lowest BCUT2D eigenvalue weighted by molar-refractivity contribution is -0.0715. The van der Waals surface area contributed by atoms with Gasteiger partial charge in [0.15, 0.2) is 0 Å². The molecular formula is C24H29FN4O2S. The average Bonchev–Trinajstić information content (AvgIpc) is 3.44. The quantitative estimate of drug-likeness (QED) is 0.589. The Kier molecular flexibility index (Phi) is 5.77. The minimum Gasteiger partial charge on any atom is -0.373 e. The summed E-state index contributed by atoms with van der Waals surface area (Å²) < 4.78 is 21.0. The first kappa shape index (κ1) is 21.6. The number of carbonyl (C=O) groups is 1. The molecule has 0 radical (unpaired) electrons. The van der Waals surface area contributed by atoms with E-state index in [1.54, 1.807) is 12.1 Å². The predicted octanol–water partition coefficient (Wildman–Crippen LogP) is 4.25. The molecule has 0 N–H and O–H groups in total. The number of thiophene rings is 1. The summed E-state index contributed by atoms with van der Waals surface area (Å²) in [5.74, 6) is -0.173. The van der Waals surface area contributed by atoms with Crippen molar-refractivity contribution in [2.75, 3.05) is 26.2 Å². The number of aromatic nitrogens is 2. The molecule has 3 aromatic rings. The Hall–Kier alpha value is -2.29. The largest absolute Gasteiger partial charge is 0.373 e. The van der Waals surface area contributed by atoms with Gasteiger partial charge in [0.1, 0.15) is 10.6 Å². The van der Waals surface area contributed by atoms with Crippen LogP contribution in [0.3, 0.4) is 0 Å². The molecule has 2 saturated heterocycles. The third-order valence-electron chi connectivity index (χ3n) is 6.43. The van der Waals surface area contributed by atoms with E-state index in [-0.39, 0.29) is 30.0 Å². The number of rotatable bonds is 4. The fraction of sp³-hybridized carbons (Fsp3) is 0.500. The summed E-state index contributed by atoms with van der Waals surface area (Å²) in [6.45, 7) is 9.71. The second-order valence-corrected chi connectivity index (χ2v) is 10.1. The summed E-state index contributed by atoms with van der Waals surface area (Å²) in [5.41, 5.74) is 1.66. The topological polar surface area (TPSA) is 50.6 Å². The van der Waals surface area contributed by atoms with Crippen molar-refractivity contribution in [1.82, 2.24) is 19.6 Å². The van der Waals surface area contributed by atoms with Crippen molar-refractivity contribution >= 4 is 27.5 Å². The third-order valence-corrected chi connectivity index (χ3v) is 7.53. The summed E-state index contributed by atoms with van der Waals surface area (Å²) >= 11 is 1.47. The van der Waals surface area contributed by atoms with Crippen molar-refractivity contribution in [3.05, 3.63) is 46.7 Å². The molecule has 2 aliphatic heterocycles. The van der Waals surface area contributed by atoms with Crippen LogP contribution in [0.15, 0.2) is 30.3 Å². The van der Waals surface area contributed by atoms with Crippen LogP contribution in [-0.4, -0.2) is 69.9 Å². The van der Waals surface area contributed by atoms with Gasteiger partial charge in [0.25, 0.3) is 5.91 Å². The number of hydrogen-bond acceptors (Lipinski definition) is 5. The van der Waals surface area contributed by atoms with Gasteiger partial charge in [0.05, 0.1) is 28.5 Å². The number of aryl methyl sites for hydroxylation is 1. The van der Waals surface area contributed by atoms with Gasteiger partial charge in [-0.1, -0.05) is 0 Å². The van der Waals surface area contributed by atoms with E-state index in [9.17, 15) is 9.18 Å². The van der Waals surface area contributed by atoms with Crippen molar-refractivity contribution < 1.29 is 13.9 Å². The Bertz CT molecular complexity index is 1120. The number of ether oxygens (including phenoxy) is 1. The second-order valence-electron chi connectivity index (χ2n) is 9.07. The highest BCUT2D eigenvalue weighted by Gasteiger charge is 2.34. The molecule has 3 unspecified atom stereocenters. The third kappa shape index (κ3) is 4.07. The van der Waals surface area contributed by atoms with E-state index in [0.29, 0.717) is 0 Å². The normalized spacial score (nSPS) is 24.5. The molecule has 32 heavy (non-hydrogen) atoms. The molecule has 5 rings (SSSR count). The van der Waals surface area contributed by atoms with Gasteiger partial charge in [-0.2, -0.15) is 5.10 Å². The van der Waals surface area contributed by atoms with E-state index in [0.717, 1.165) is 65.5 Å². The molecule has 2 aromatic heterocycles. The minimum atomic E-state index is -0.278. The van der Waals surface area contributed by atoms with Gasteiger partial charge in [-0.15, -0.1) is 11.3 Å². The number of nitrogens with zero attached hydrogens (tertiary/aromatic N) is 4. The first-order chi connectivity index (χ1) is 15.4. The smallest absolute Gasteiger partial charge is 0.264 e. The van der Waals surface area contributed by atoms with Crippen LogP contribution in [-0.2, 0) is 4.74 Å². The zero-order chi connectivity index (χ0) is 22.4. The fourth-order valence-corrected chi connectivity index (χ4v) is 6.21. The van der Waals surface area contributed by atoms with Gasteiger partial charge < -0.3 is 9.64 Å². The number of morpholine rings is 1. The zero-order valence-corrected chi connectivity index (χ0v) is 19.6. The molecular weight excluding hydrogens is 427 g/mol. The molecule has 8 heteroatoms. The predicted molar refractivity (Wildman–Crippen MR) is 124 cm³/mol. The van der Waals surface area contributed by atoms with E-state index in [2.05, 4.69) is 28.7 Å². The number of carbonyl (C=O) groups excluding carboxylic acids is 1. The first-order valence-corrected chi connectivity index (χ1v) is 12.1. The van der Waals surface area contributed by atoms with Crippen molar-refractivity contribution in [2.45, 2.75) is 51.9 Å². The lowest BCUT2D eigenvalue weighted by Crippen LogP contribution is -2.50. The standard InChI is InChI=1S/C24H29FN4O2S/c1-15-12-27(13-16(2)31-15)14-20-5-4-10-28(20)23(30)22-11-21-17(3)26-29(24(21)32-22)19-8-6-18(25)7-9-19/h6-9,11,15-16,20H,4-5,10,12-14H2,1-3H3. The maximum Gasteiger partial charge on any atom is 0.264 e. The summed E-state index contributed by atoms with van der Waals surface area (Å²) in [6.07, 6.45) is 2.53. The van der Waals surface area contributed by atoms with E-state index >= 15 is 0 Å². The molecule has 1 aromatic carbocycles. The lowest BCUT2D eigenvalue weighted by Gasteiger charge is -2.38. The Morgan fingerprint density at radius 2 is 1.94 bits per heavy atom. The Morgan fingerprint density at radius 3 is 2.66 bits per heavy atom. The van der Waals surface area contributed by atoms with Crippen LogP contribution in [0.2, 0.25) is 0 Å². The van der Waals surface area contributed by atoms with Crippen molar-refractivity contribution in [1.29, 1.82) is 0 Å². The molecule has 2 fully saturated rings. The van der Waals surface area contributed by atoms with Gasteiger partial charge in [-0.25, -0.2) is 9.07 Å². The maximum atomic E-state index is 13.5. The zero-order valence-electron chi connectivity index (χ0n) is 18.8. The minimum absolute atomic E-state index is 0.105. The first-order valence-electron chi connectivity index (χ1n) is 11.3. The average molecular weight is 457 g/mol. The second kappa shape index (κ2) is 8.57. The van der Waals surface area contributed by atoms with Crippen LogP contribution in [0.1, 0.15) is 42.1 Å². The Balaban J connectivity index is 1.38. The van der Waals surface area contributed by atoms with Gasteiger partial charge in [0, 0.05) is 37.6 Å². The van der Waals surface area contributed by atoms with E-state index in [1.165, 1.54) is 23.5 Å². The van der Waals surface area contributed by atoms with Crippen molar-refractivity contribution in [3.63, 3.8) is 0 Å². The highest BCUT2D eigenvalue weighted by Crippen LogP contribution is 2.33. The summed E-state index contributed by atoms with van der Waals surface area (Å²) in [4.78, 5) is 19.7. The van der Waals surface area contributed by atoms with E-state index < -0.39 is 0 Å². The number of amides is 1. The molecule has 0 spiro atoms. The lowest BCUT2D eigenvalue weighted by atomic mass is 10.1. The molecule has 1 amide bonds. The van der Waals surface area contributed by atoms with E-state index in [4.69, 9.17) is 4.74 Å². The molecule has 0 bridgehead atoms. The fourth-order valence-electron chi connectivity index (χ4n) is 5.08. The molecule has 3 atom stereocenters. The van der Waals surface area contributed by atoms with Crippen LogP contribution < -0.4 is 0 Å². The van der Waals surface area contributed by atoms with Crippen LogP contribution in [0, 0.1) is 12.7 Å². The molecule has 170 valence electrons. The summed E-state index contributed by atoms with van der Waals surface area (Å²) in [7, 11) is 0. The van der Waals surface area contributed by atoms with Gasteiger partial charge in [-0.3, -0.25) is 9.69 Å². The highest BCUT2D eigenvalue weighted by atomic mass is 32.1.